The summed E-state index contributed by atoms with van der Waals surface area (Å²) in [6, 6.07) is 7.54. The molecule has 0 aromatic heterocycles. The van der Waals surface area contributed by atoms with E-state index in [-0.39, 0.29) is 11.4 Å². The molecular formula is C19H29FN2O. The lowest BCUT2D eigenvalue weighted by atomic mass is 9.88. The Labute approximate surface area is 139 Å². The zero-order chi connectivity index (χ0) is 16.3. The number of rotatable bonds is 5. The fourth-order valence-electron chi connectivity index (χ4n) is 4.25. The van der Waals surface area contributed by atoms with Gasteiger partial charge in [0.15, 0.2) is 0 Å². The molecule has 1 aromatic carbocycles. The van der Waals surface area contributed by atoms with Crippen molar-refractivity contribution >= 4 is 0 Å². The number of hydrogen-bond donors (Lipinski definition) is 0. The monoisotopic (exact) mass is 320 g/mol. The maximum Gasteiger partial charge on any atom is 0.123 e. The molecule has 2 heterocycles. The van der Waals surface area contributed by atoms with Crippen LogP contribution in [0.3, 0.4) is 0 Å². The topological polar surface area (TPSA) is 15.7 Å². The van der Waals surface area contributed by atoms with Crippen LogP contribution < -0.4 is 0 Å². The average Bonchev–Trinajstić information content (AvgIpc) is 2.93. The Morgan fingerprint density at radius 2 is 2.00 bits per heavy atom. The highest BCUT2D eigenvalue weighted by molar-refractivity contribution is 5.16. The summed E-state index contributed by atoms with van der Waals surface area (Å²) in [5.41, 5.74) is 1.21. The summed E-state index contributed by atoms with van der Waals surface area (Å²) in [6.07, 6.45) is 3.42. The van der Waals surface area contributed by atoms with Crippen molar-refractivity contribution in [1.82, 2.24) is 9.80 Å². The van der Waals surface area contributed by atoms with E-state index in [0.29, 0.717) is 6.04 Å². The summed E-state index contributed by atoms with van der Waals surface area (Å²) in [5.74, 6) is -0.163. The van der Waals surface area contributed by atoms with E-state index in [1.54, 1.807) is 12.1 Å². The van der Waals surface area contributed by atoms with Crippen molar-refractivity contribution in [2.45, 2.75) is 51.3 Å². The van der Waals surface area contributed by atoms with E-state index in [1.165, 1.54) is 5.56 Å². The van der Waals surface area contributed by atoms with Crippen LogP contribution in [-0.4, -0.2) is 54.2 Å². The number of likely N-dealkylation sites (tertiary alicyclic amines) is 1. The fraction of sp³-hybridized carbons (Fsp3) is 0.684. The van der Waals surface area contributed by atoms with E-state index in [1.807, 2.05) is 12.1 Å². The van der Waals surface area contributed by atoms with Crippen LogP contribution in [0, 0.1) is 5.82 Å². The Balaban J connectivity index is 1.60. The van der Waals surface area contributed by atoms with Gasteiger partial charge >= 0.3 is 0 Å². The summed E-state index contributed by atoms with van der Waals surface area (Å²) in [4.78, 5) is 5.03. The minimum atomic E-state index is -0.163. The van der Waals surface area contributed by atoms with Crippen molar-refractivity contribution in [3.05, 3.63) is 35.6 Å². The Hall–Kier alpha value is -0.970. The van der Waals surface area contributed by atoms with Gasteiger partial charge in [-0.3, -0.25) is 4.90 Å². The molecule has 2 atom stereocenters. The predicted octanol–water partition coefficient (Wildman–Crippen LogP) is 3.29. The van der Waals surface area contributed by atoms with Crippen LogP contribution in [0.5, 0.6) is 0 Å². The van der Waals surface area contributed by atoms with Gasteiger partial charge in [0.25, 0.3) is 0 Å². The zero-order valence-corrected chi connectivity index (χ0v) is 14.4. The smallest absolute Gasteiger partial charge is 0.123 e. The van der Waals surface area contributed by atoms with E-state index < -0.39 is 0 Å². The third-order valence-corrected chi connectivity index (χ3v) is 5.51. The van der Waals surface area contributed by atoms with Gasteiger partial charge in [-0.15, -0.1) is 0 Å². The molecule has 2 aliphatic heterocycles. The fourth-order valence-corrected chi connectivity index (χ4v) is 4.25. The first-order valence-corrected chi connectivity index (χ1v) is 8.99. The zero-order valence-electron chi connectivity index (χ0n) is 14.4. The Morgan fingerprint density at radius 1 is 1.26 bits per heavy atom. The van der Waals surface area contributed by atoms with Gasteiger partial charge in [-0.05, 0) is 50.0 Å². The van der Waals surface area contributed by atoms with Crippen LogP contribution >= 0.6 is 0 Å². The quantitative estimate of drug-likeness (QED) is 0.828. The van der Waals surface area contributed by atoms with Crippen LogP contribution in [0.1, 0.15) is 38.7 Å². The summed E-state index contributed by atoms with van der Waals surface area (Å²) >= 11 is 0. The first kappa shape index (κ1) is 16.9. The van der Waals surface area contributed by atoms with Crippen molar-refractivity contribution in [2.24, 2.45) is 0 Å². The van der Waals surface area contributed by atoms with Gasteiger partial charge in [-0.1, -0.05) is 26.0 Å². The lowest BCUT2D eigenvalue weighted by Gasteiger charge is -2.42. The highest BCUT2D eigenvalue weighted by Gasteiger charge is 2.43. The minimum absolute atomic E-state index is 0.0333. The number of benzene rings is 1. The van der Waals surface area contributed by atoms with Crippen LogP contribution in [-0.2, 0) is 11.3 Å². The summed E-state index contributed by atoms with van der Waals surface area (Å²) in [7, 11) is 0. The molecule has 0 saturated carbocycles. The van der Waals surface area contributed by atoms with E-state index >= 15 is 0 Å². The second-order valence-electron chi connectivity index (χ2n) is 6.99. The number of ether oxygens (including phenoxy) is 1. The van der Waals surface area contributed by atoms with Gasteiger partial charge in [-0.25, -0.2) is 4.39 Å². The molecule has 4 heteroatoms. The van der Waals surface area contributed by atoms with Crippen molar-refractivity contribution in [1.29, 1.82) is 0 Å². The first-order chi connectivity index (χ1) is 11.1. The first-order valence-electron chi connectivity index (χ1n) is 8.99. The maximum atomic E-state index is 13.0. The van der Waals surface area contributed by atoms with Crippen molar-refractivity contribution in [3.63, 3.8) is 0 Å². The second-order valence-corrected chi connectivity index (χ2v) is 6.99. The molecule has 0 unspecified atom stereocenters. The lowest BCUT2D eigenvalue weighted by Crippen LogP contribution is -2.50. The van der Waals surface area contributed by atoms with Crippen LogP contribution in [0.25, 0.3) is 0 Å². The Kier molecular flexibility index (Phi) is 5.34. The second kappa shape index (κ2) is 7.29. The van der Waals surface area contributed by atoms with Gasteiger partial charge in [0, 0.05) is 32.3 Å². The minimum Gasteiger partial charge on any atom is -0.373 e. The van der Waals surface area contributed by atoms with Crippen LogP contribution in [0.2, 0.25) is 0 Å². The summed E-state index contributed by atoms with van der Waals surface area (Å²) < 4.78 is 19.3. The van der Waals surface area contributed by atoms with Crippen LogP contribution in [0.15, 0.2) is 24.3 Å². The van der Waals surface area contributed by atoms with Crippen LogP contribution in [0.4, 0.5) is 4.39 Å². The highest BCUT2D eigenvalue weighted by Crippen LogP contribution is 2.36. The molecule has 23 heavy (non-hydrogen) atoms. The molecule has 2 fully saturated rings. The van der Waals surface area contributed by atoms with Gasteiger partial charge in [-0.2, -0.15) is 0 Å². The molecule has 0 bridgehead atoms. The van der Waals surface area contributed by atoms with Gasteiger partial charge < -0.3 is 9.64 Å². The summed E-state index contributed by atoms with van der Waals surface area (Å²) in [6.45, 7) is 10.6. The molecule has 1 aromatic rings. The van der Waals surface area contributed by atoms with Crippen molar-refractivity contribution < 1.29 is 9.13 Å². The average molecular weight is 320 g/mol. The SMILES string of the molecule is CCN(CC)[C@H]1CCO[C@]2(CCN(Cc3ccc(F)cc3)C2)C1. The van der Waals surface area contributed by atoms with E-state index in [4.69, 9.17) is 4.74 Å². The number of nitrogens with zero attached hydrogens (tertiary/aromatic N) is 2. The van der Waals surface area contributed by atoms with E-state index in [9.17, 15) is 4.39 Å². The van der Waals surface area contributed by atoms with Gasteiger partial charge in [0.05, 0.1) is 5.60 Å². The van der Waals surface area contributed by atoms with Gasteiger partial charge in [0.2, 0.25) is 0 Å². The standard InChI is InChI=1S/C19H29FN2O/c1-3-22(4-2)18-9-12-23-19(13-18)10-11-21(15-19)14-16-5-7-17(20)8-6-16/h5-8,18H,3-4,9-15H2,1-2H3/t18-,19+/m0/s1. The molecule has 0 N–H and O–H groups in total. The highest BCUT2D eigenvalue weighted by atomic mass is 19.1. The normalized spacial score (nSPS) is 28.8. The predicted molar refractivity (Wildman–Crippen MR) is 90.9 cm³/mol. The number of hydrogen-bond acceptors (Lipinski definition) is 3. The lowest BCUT2D eigenvalue weighted by molar-refractivity contribution is -0.0975. The van der Waals surface area contributed by atoms with E-state index in [0.717, 1.165) is 58.6 Å². The largest absolute Gasteiger partial charge is 0.373 e. The van der Waals surface area contributed by atoms with E-state index in [2.05, 4.69) is 23.6 Å². The molecule has 0 radical (unpaired) electrons. The Bertz CT molecular complexity index is 503. The molecule has 0 amide bonds. The molecule has 1 spiro atoms. The molecule has 2 aliphatic rings. The van der Waals surface area contributed by atoms with Gasteiger partial charge in [0.1, 0.15) is 5.82 Å². The number of halogens is 1. The molecule has 3 nitrogen and oxygen atoms in total. The van der Waals surface area contributed by atoms with Crippen molar-refractivity contribution in [3.8, 4) is 0 Å². The molecule has 0 aliphatic carbocycles. The molecule has 2 saturated heterocycles. The molecule has 3 rings (SSSR count). The third kappa shape index (κ3) is 3.93. The summed E-state index contributed by atoms with van der Waals surface area (Å²) in [5, 5.41) is 0. The third-order valence-electron chi connectivity index (χ3n) is 5.51. The molecule has 128 valence electrons. The van der Waals surface area contributed by atoms with Crippen molar-refractivity contribution in [2.75, 3.05) is 32.8 Å². The Morgan fingerprint density at radius 3 is 2.70 bits per heavy atom. The maximum absolute atomic E-state index is 13.0. The molecular weight excluding hydrogens is 291 g/mol.